The van der Waals surface area contributed by atoms with Gasteiger partial charge in [0.15, 0.2) is 0 Å². The van der Waals surface area contributed by atoms with E-state index >= 15 is 0 Å². The van der Waals surface area contributed by atoms with Crippen molar-refractivity contribution >= 4 is 11.7 Å². The van der Waals surface area contributed by atoms with E-state index in [2.05, 4.69) is 4.99 Å². The lowest BCUT2D eigenvalue weighted by Crippen LogP contribution is -2.14. The second-order valence-corrected chi connectivity index (χ2v) is 7.48. The fourth-order valence-electron chi connectivity index (χ4n) is 3.26. The van der Waals surface area contributed by atoms with Gasteiger partial charge in [0, 0.05) is 19.6 Å². The van der Waals surface area contributed by atoms with E-state index in [1.54, 1.807) is 20.3 Å². The molecule has 0 aromatic heterocycles. The van der Waals surface area contributed by atoms with Crippen molar-refractivity contribution in [3.05, 3.63) is 89.5 Å². The van der Waals surface area contributed by atoms with Crippen LogP contribution in [0.4, 0.5) is 0 Å². The first kappa shape index (κ1) is 24.8. The molecule has 0 saturated heterocycles. The smallest absolute Gasteiger partial charge is 0.303 e. The molecule has 0 heterocycles. The van der Waals surface area contributed by atoms with Crippen LogP contribution in [0.25, 0.3) is 0 Å². The van der Waals surface area contributed by atoms with E-state index in [1.807, 2.05) is 66.7 Å². The maximum atomic E-state index is 10.8. The molecule has 3 aromatic carbocycles. The average Bonchev–Trinajstić information content (AvgIpc) is 2.87. The Kier molecular flexibility index (Phi) is 9.49. The van der Waals surface area contributed by atoms with Gasteiger partial charge in [-0.1, -0.05) is 48.5 Å². The van der Waals surface area contributed by atoms with Gasteiger partial charge in [-0.05, 0) is 41.3 Å². The molecule has 7 heteroatoms. The van der Waals surface area contributed by atoms with Crippen LogP contribution in [-0.2, 0) is 22.6 Å². The summed E-state index contributed by atoms with van der Waals surface area (Å²) in [6, 6.07) is 23.0. The van der Waals surface area contributed by atoms with E-state index in [4.69, 9.17) is 24.1 Å². The quantitative estimate of drug-likeness (QED) is 0.368. The molecule has 3 rings (SSSR count). The largest absolute Gasteiger partial charge is 0.496 e. The van der Waals surface area contributed by atoms with Crippen molar-refractivity contribution in [2.75, 3.05) is 27.6 Å². The first-order valence-electron chi connectivity index (χ1n) is 10.9. The third-order valence-corrected chi connectivity index (χ3v) is 5.06. The number of aliphatic carboxylic acids is 1. The van der Waals surface area contributed by atoms with Crippen LogP contribution < -0.4 is 14.2 Å². The van der Waals surface area contributed by atoms with Crippen LogP contribution in [-0.4, -0.2) is 44.3 Å². The number of ether oxygens (including phenoxy) is 4. The fraction of sp³-hybridized carbons (Fsp3) is 0.259. The van der Waals surface area contributed by atoms with Crippen molar-refractivity contribution in [1.82, 2.24) is 0 Å². The number of hydrogen-bond acceptors (Lipinski definition) is 6. The molecule has 0 saturated carbocycles. The molecule has 7 nitrogen and oxygen atoms in total. The van der Waals surface area contributed by atoms with E-state index in [1.165, 1.54) is 0 Å². The lowest BCUT2D eigenvalue weighted by atomic mass is 10.1. The molecule has 0 aliphatic rings. The first-order valence-corrected chi connectivity index (χ1v) is 10.9. The SMILES string of the molecule is COCN=C(COc1ccc(COc2ccc(CCC(=O)O)c(OC)c2)cc1)c1ccccc1. The number of hydrogen-bond donors (Lipinski definition) is 1. The van der Waals surface area contributed by atoms with Crippen LogP contribution in [0.2, 0.25) is 0 Å². The van der Waals surface area contributed by atoms with Crippen LogP contribution >= 0.6 is 0 Å². The zero-order valence-electron chi connectivity index (χ0n) is 19.4. The van der Waals surface area contributed by atoms with Crippen LogP contribution in [0.15, 0.2) is 77.8 Å². The highest BCUT2D eigenvalue weighted by Gasteiger charge is 2.09. The molecule has 0 radical (unpaired) electrons. The van der Waals surface area contributed by atoms with Crippen LogP contribution in [0.5, 0.6) is 17.2 Å². The molecule has 0 spiro atoms. The molecule has 0 amide bonds. The average molecular weight is 464 g/mol. The molecule has 34 heavy (non-hydrogen) atoms. The Morgan fingerprint density at radius 3 is 2.32 bits per heavy atom. The van der Waals surface area contributed by atoms with E-state index in [0.29, 0.717) is 31.1 Å². The monoisotopic (exact) mass is 463 g/mol. The van der Waals surface area contributed by atoms with Gasteiger partial charge in [0.05, 0.1) is 12.8 Å². The number of carboxylic acid groups (broad SMARTS) is 1. The minimum atomic E-state index is -0.839. The van der Waals surface area contributed by atoms with Crippen LogP contribution in [0, 0.1) is 0 Å². The molecule has 1 N–H and O–H groups in total. The van der Waals surface area contributed by atoms with Gasteiger partial charge < -0.3 is 24.1 Å². The number of nitrogens with zero attached hydrogens (tertiary/aromatic N) is 1. The molecular formula is C27H29NO6. The topological polar surface area (TPSA) is 86.6 Å². The summed E-state index contributed by atoms with van der Waals surface area (Å²) >= 11 is 0. The highest BCUT2D eigenvalue weighted by Crippen LogP contribution is 2.26. The molecule has 0 aliphatic heterocycles. The lowest BCUT2D eigenvalue weighted by Gasteiger charge is -2.12. The van der Waals surface area contributed by atoms with Gasteiger partial charge in [0.25, 0.3) is 0 Å². The summed E-state index contributed by atoms with van der Waals surface area (Å²) in [7, 11) is 3.17. The zero-order chi connectivity index (χ0) is 24.2. The summed E-state index contributed by atoms with van der Waals surface area (Å²) in [6.07, 6.45) is 0.457. The molecule has 0 atom stereocenters. The summed E-state index contributed by atoms with van der Waals surface area (Å²) < 4.78 is 22.3. The molecule has 0 aliphatic carbocycles. The van der Waals surface area contributed by atoms with Crippen LogP contribution in [0.1, 0.15) is 23.1 Å². The van der Waals surface area contributed by atoms with Crippen molar-refractivity contribution in [2.45, 2.75) is 19.4 Å². The highest BCUT2D eigenvalue weighted by atomic mass is 16.5. The predicted molar refractivity (Wildman–Crippen MR) is 130 cm³/mol. The van der Waals surface area contributed by atoms with Crippen molar-refractivity contribution in [3.63, 3.8) is 0 Å². The Morgan fingerprint density at radius 2 is 1.65 bits per heavy atom. The van der Waals surface area contributed by atoms with Gasteiger partial charge in [-0.15, -0.1) is 0 Å². The van der Waals surface area contributed by atoms with E-state index in [9.17, 15) is 4.79 Å². The van der Waals surface area contributed by atoms with Crippen molar-refractivity contribution in [1.29, 1.82) is 0 Å². The summed E-state index contributed by atoms with van der Waals surface area (Å²) in [5.41, 5.74) is 3.63. The van der Waals surface area contributed by atoms with E-state index < -0.39 is 5.97 Å². The second-order valence-electron chi connectivity index (χ2n) is 7.48. The van der Waals surface area contributed by atoms with Crippen molar-refractivity contribution in [2.24, 2.45) is 4.99 Å². The summed E-state index contributed by atoms with van der Waals surface area (Å²) in [4.78, 5) is 15.3. The number of carboxylic acids is 1. The minimum absolute atomic E-state index is 0.0516. The maximum Gasteiger partial charge on any atom is 0.303 e. The standard InChI is InChI=1S/C27H29NO6/c1-31-19-28-25(21-6-4-3-5-7-21)18-34-23-12-8-20(9-13-23)17-33-24-14-10-22(11-15-27(29)30)26(16-24)32-2/h3-10,12-14,16H,11,15,17-19H2,1-2H3,(H,29,30). The third-order valence-electron chi connectivity index (χ3n) is 5.06. The minimum Gasteiger partial charge on any atom is -0.496 e. The van der Waals surface area contributed by atoms with E-state index in [-0.39, 0.29) is 13.2 Å². The normalized spacial score (nSPS) is 11.2. The van der Waals surface area contributed by atoms with Gasteiger partial charge in [0.1, 0.15) is 37.2 Å². The van der Waals surface area contributed by atoms with Gasteiger partial charge in [-0.2, -0.15) is 0 Å². The third kappa shape index (κ3) is 7.64. The Balaban J connectivity index is 1.56. The van der Waals surface area contributed by atoms with Gasteiger partial charge in [-0.25, -0.2) is 0 Å². The highest BCUT2D eigenvalue weighted by molar-refractivity contribution is 6.01. The Labute approximate surface area is 199 Å². The van der Waals surface area contributed by atoms with E-state index in [0.717, 1.165) is 28.2 Å². The number of methoxy groups -OCH3 is 2. The summed E-state index contributed by atoms with van der Waals surface area (Å²) in [6.45, 7) is 0.981. The number of aryl methyl sites for hydroxylation is 1. The number of carbonyl (C=O) groups is 1. The Morgan fingerprint density at radius 1 is 0.912 bits per heavy atom. The fourth-order valence-corrected chi connectivity index (χ4v) is 3.26. The van der Waals surface area contributed by atoms with Crippen molar-refractivity contribution < 1.29 is 28.8 Å². The number of benzene rings is 3. The van der Waals surface area contributed by atoms with Gasteiger partial charge in [-0.3, -0.25) is 9.79 Å². The molecule has 0 fully saturated rings. The molecule has 178 valence electrons. The molecule has 0 unspecified atom stereocenters. The second kappa shape index (κ2) is 13.0. The maximum absolute atomic E-state index is 10.8. The summed E-state index contributed by atoms with van der Waals surface area (Å²) in [5, 5.41) is 8.88. The predicted octanol–water partition coefficient (Wildman–Crippen LogP) is 4.76. The van der Waals surface area contributed by atoms with Gasteiger partial charge >= 0.3 is 5.97 Å². The molecular weight excluding hydrogens is 434 g/mol. The van der Waals surface area contributed by atoms with Gasteiger partial charge in [0.2, 0.25) is 0 Å². The Bertz CT molecular complexity index is 1080. The molecule has 0 bridgehead atoms. The first-order chi connectivity index (χ1) is 16.6. The number of aliphatic imine (C=N–C) groups is 1. The van der Waals surface area contributed by atoms with Crippen LogP contribution in [0.3, 0.4) is 0 Å². The molecule has 3 aromatic rings. The Hall–Kier alpha value is -3.84. The number of rotatable bonds is 13. The van der Waals surface area contributed by atoms with Crippen molar-refractivity contribution in [3.8, 4) is 17.2 Å². The summed E-state index contributed by atoms with van der Waals surface area (Å²) in [5.74, 6) is 1.16. The lowest BCUT2D eigenvalue weighted by molar-refractivity contribution is -0.136. The zero-order valence-corrected chi connectivity index (χ0v) is 19.4.